The third kappa shape index (κ3) is 2.55. The van der Waals surface area contributed by atoms with Crippen molar-refractivity contribution in [1.82, 2.24) is 4.57 Å². The van der Waals surface area contributed by atoms with E-state index in [4.69, 9.17) is 5.11 Å². The molecule has 1 aromatic carbocycles. The first-order valence-corrected chi connectivity index (χ1v) is 6.42. The maximum Gasteiger partial charge on any atom is 0.323 e. The molecular formula is C15H19NO2. The first-order valence-electron chi connectivity index (χ1n) is 6.42. The van der Waals surface area contributed by atoms with Gasteiger partial charge in [0.2, 0.25) is 0 Å². The summed E-state index contributed by atoms with van der Waals surface area (Å²) in [5.41, 5.74) is 3.50. The summed E-state index contributed by atoms with van der Waals surface area (Å²) >= 11 is 0. The lowest BCUT2D eigenvalue weighted by Gasteiger charge is -2.01. The zero-order valence-electron chi connectivity index (χ0n) is 10.9. The third-order valence-electron chi connectivity index (χ3n) is 3.22. The van der Waals surface area contributed by atoms with Crippen LogP contribution in [0.2, 0.25) is 0 Å². The molecule has 0 unspecified atom stereocenters. The number of fused-ring (bicyclic) bond motifs is 1. The van der Waals surface area contributed by atoms with Crippen molar-refractivity contribution < 1.29 is 9.90 Å². The Bertz CT molecular complexity index is 569. The Morgan fingerprint density at radius 3 is 2.83 bits per heavy atom. The second-order valence-corrected chi connectivity index (χ2v) is 4.80. The first-order chi connectivity index (χ1) is 8.61. The lowest BCUT2D eigenvalue weighted by molar-refractivity contribution is -0.137. The monoisotopic (exact) mass is 245 g/mol. The number of hydrogen-bond donors (Lipinski definition) is 1. The van der Waals surface area contributed by atoms with Gasteiger partial charge in [-0.2, -0.15) is 0 Å². The van der Waals surface area contributed by atoms with Crippen molar-refractivity contribution >= 4 is 16.9 Å². The van der Waals surface area contributed by atoms with Gasteiger partial charge in [0.15, 0.2) is 0 Å². The molecule has 0 aliphatic carbocycles. The van der Waals surface area contributed by atoms with Gasteiger partial charge in [-0.3, -0.25) is 4.79 Å². The molecule has 0 atom stereocenters. The highest BCUT2D eigenvalue weighted by molar-refractivity contribution is 5.86. The molecule has 0 saturated carbocycles. The number of unbranched alkanes of at least 4 members (excludes halogenated alkanes) is 1. The number of aliphatic carboxylic acids is 1. The molecule has 0 aliphatic rings. The van der Waals surface area contributed by atoms with Gasteiger partial charge in [0, 0.05) is 17.1 Å². The number of carboxylic acids is 1. The molecule has 96 valence electrons. The summed E-state index contributed by atoms with van der Waals surface area (Å²) in [6.07, 6.45) is 5.30. The summed E-state index contributed by atoms with van der Waals surface area (Å²) < 4.78 is 1.84. The molecule has 2 rings (SSSR count). The van der Waals surface area contributed by atoms with Crippen molar-refractivity contribution in [1.29, 1.82) is 0 Å². The number of aromatic nitrogens is 1. The van der Waals surface area contributed by atoms with E-state index in [-0.39, 0.29) is 6.54 Å². The molecular weight excluding hydrogens is 226 g/mol. The van der Waals surface area contributed by atoms with Crippen LogP contribution >= 0.6 is 0 Å². The van der Waals surface area contributed by atoms with Crippen molar-refractivity contribution in [3.8, 4) is 0 Å². The summed E-state index contributed by atoms with van der Waals surface area (Å²) in [6.45, 7) is 4.27. The minimum absolute atomic E-state index is 0.0334. The Kier molecular flexibility index (Phi) is 3.70. The number of carbonyl (C=O) groups is 1. The Labute approximate surface area is 107 Å². The van der Waals surface area contributed by atoms with E-state index in [1.807, 2.05) is 22.9 Å². The normalized spacial score (nSPS) is 11.0. The maximum atomic E-state index is 10.9. The van der Waals surface area contributed by atoms with Gasteiger partial charge in [0.05, 0.1) is 0 Å². The highest BCUT2D eigenvalue weighted by atomic mass is 16.4. The fourth-order valence-corrected chi connectivity index (χ4v) is 2.33. The Hall–Kier alpha value is -1.77. The summed E-state index contributed by atoms with van der Waals surface area (Å²) in [7, 11) is 0. The summed E-state index contributed by atoms with van der Waals surface area (Å²) in [5.74, 6) is -0.797. The minimum Gasteiger partial charge on any atom is -0.480 e. The lowest BCUT2D eigenvalue weighted by Crippen LogP contribution is -2.07. The van der Waals surface area contributed by atoms with E-state index in [1.165, 1.54) is 16.5 Å². The fraction of sp³-hybridized carbons (Fsp3) is 0.400. The van der Waals surface area contributed by atoms with E-state index in [0.29, 0.717) is 0 Å². The molecule has 3 heteroatoms. The number of aryl methyl sites for hydroxylation is 2. The number of benzene rings is 1. The van der Waals surface area contributed by atoms with E-state index in [1.54, 1.807) is 0 Å². The van der Waals surface area contributed by atoms with Gasteiger partial charge in [-0.15, -0.1) is 0 Å². The first kappa shape index (κ1) is 12.7. The number of rotatable bonds is 5. The SMILES string of the molecule is CCCCc1cn(CC(=O)O)c2ccc(C)cc12. The lowest BCUT2D eigenvalue weighted by atomic mass is 10.1. The van der Waals surface area contributed by atoms with E-state index < -0.39 is 5.97 Å². The van der Waals surface area contributed by atoms with Gasteiger partial charge in [0.1, 0.15) is 6.54 Å². The molecule has 0 radical (unpaired) electrons. The summed E-state index contributed by atoms with van der Waals surface area (Å²) in [6, 6.07) is 6.20. The minimum atomic E-state index is -0.797. The zero-order chi connectivity index (χ0) is 13.1. The third-order valence-corrected chi connectivity index (χ3v) is 3.22. The summed E-state index contributed by atoms with van der Waals surface area (Å²) in [4.78, 5) is 10.9. The van der Waals surface area contributed by atoms with E-state index >= 15 is 0 Å². The predicted molar refractivity (Wildman–Crippen MR) is 72.9 cm³/mol. The smallest absolute Gasteiger partial charge is 0.323 e. The average molecular weight is 245 g/mol. The van der Waals surface area contributed by atoms with Crippen LogP contribution in [0.1, 0.15) is 30.9 Å². The van der Waals surface area contributed by atoms with Crippen LogP contribution in [0.3, 0.4) is 0 Å². The topological polar surface area (TPSA) is 42.2 Å². The van der Waals surface area contributed by atoms with Crippen LogP contribution in [0.15, 0.2) is 24.4 Å². The Balaban J connectivity index is 2.48. The second-order valence-electron chi connectivity index (χ2n) is 4.80. The van der Waals surface area contributed by atoms with Crippen LogP contribution in [0.5, 0.6) is 0 Å². The van der Waals surface area contributed by atoms with Crippen LogP contribution in [-0.2, 0) is 17.8 Å². The largest absolute Gasteiger partial charge is 0.480 e. The molecule has 1 N–H and O–H groups in total. The maximum absolute atomic E-state index is 10.9. The molecule has 0 fully saturated rings. The van der Waals surface area contributed by atoms with Gasteiger partial charge in [0.25, 0.3) is 0 Å². The number of hydrogen-bond acceptors (Lipinski definition) is 1. The quantitative estimate of drug-likeness (QED) is 0.877. The van der Waals surface area contributed by atoms with Gasteiger partial charge in [-0.1, -0.05) is 25.0 Å². The molecule has 0 aliphatic heterocycles. The fourth-order valence-electron chi connectivity index (χ4n) is 2.33. The van der Waals surface area contributed by atoms with Crippen molar-refractivity contribution in [3.63, 3.8) is 0 Å². The van der Waals surface area contributed by atoms with Crippen molar-refractivity contribution in [2.24, 2.45) is 0 Å². The van der Waals surface area contributed by atoms with Crippen LogP contribution in [0.4, 0.5) is 0 Å². The second kappa shape index (κ2) is 5.25. The van der Waals surface area contributed by atoms with E-state index in [2.05, 4.69) is 19.9 Å². The van der Waals surface area contributed by atoms with Crippen LogP contribution in [-0.4, -0.2) is 15.6 Å². The van der Waals surface area contributed by atoms with Crippen LogP contribution in [0, 0.1) is 6.92 Å². The Morgan fingerprint density at radius 2 is 2.17 bits per heavy atom. The molecule has 0 amide bonds. The molecule has 3 nitrogen and oxygen atoms in total. The molecule has 0 spiro atoms. The van der Waals surface area contributed by atoms with E-state index in [0.717, 1.165) is 24.8 Å². The highest BCUT2D eigenvalue weighted by Crippen LogP contribution is 2.24. The summed E-state index contributed by atoms with van der Waals surface area (Å²) in [5, 5.41) is 10.1. The molecule has 1 heterocycles. The molecule has 0 saturated heterocycles. The van der Waals surface area contributed by atoms with Gasteiger partial charge < -0.3 is 9.67 Å². The molecule has 2 aromatic rings. The van der Waals surface area contributed by atoms with Crippen molar-refractivity contribution in [2.45, 2.75) is 39.7 Å². The molecule has 1 aromatic heterocycles. The van der Waals surface area contributed by atoms with Crippen molar-refractivity contribution in [3.05, 3.63) is 35.5 Å². The van der Waals surface area contributed by atoms with Crippen LogP contribution in [0.25, 0.3) is 10.9 Å². The standard InChI is InChI=1S/C15H19NO2/c1-3-4-5-12-9-16(10-15(17)18)14-7-6-11(2)8-13(12)14/h6-9H,3-5,10H2,1-2H3,(H,17,18). The van der Waals surface area contributed by atoms with Gasteiger partial charge >= 0.3 is 5.97 Å². The van der Waals surface area contributed by atoms with Crippen LogP contribution < -0.4 is 0 Å². The zero-order valence-corrected chi connectivity index (χ0v) is 10.9. The van der Waals surface area contributed by atoms with Gasteiger partial charge in [-0.25, -0.2) is 0 Å². The molecule has 0 bridgehead atoms. The Morgan fingerprint density at radius 1 is 1.39 bits per heavy atom. The average Bonchev–Trinajstić information content (AvgIpc) is 2.63. The predicted octanol–water partition coefficient (Wildman–Crippen LogP) is 3.38. The number of carboxylic acid groups (broad SMARTS) is 1. The van der Waals surface area contributed by atoms with Gasteiger partial charge in [-0.05, 0) is 37.5 Å². The number of nitrogens with zero attached hydrogens (tertiary/aromatic N) is 1. The van der Waals surface area contributed by atoms with E-state index in [9.17, 15) is 4.79 Å². The molecule has 18 heavy (non-hydrogen) atoms. The highest BCUT2D eigenvalue weighted by Gasteiger charge is 2.10. The van der Waals surface area contributed by atoms with Crippen molar-refractivity contribution in [2.75, 3.05) is 0 Å².